The van der Waals surface area contributed by atoms with Gasteiger partial charge in [-0.2, -0.15) is 0 Å². The molecule has 0 radical (unpaired) electrons. The van der Waals surface area contributed by atoms with Crippen molar-refractivity contribution in [2.45, 2.75) is 31.7 Å². The molecule has 1 aromatic heterocycles. The molecule has 3 amide bonds. The Kier molecular flexibility index (Phi) is 10.1. The first-order valence-corrected chi connectivity index (χ1v) is 14.4. The number of carbonyl (C=O) groups is 3. The number of nitrogens with one attached hydrogen (secondary N) is 1. The van der Waals surface area contributed by atoms with Gasteiger partial charge in [-0.05, 0) is 66.1 Å². The van der Waals surface area contributed by atoms with Gasteiger partial charge in [0.15, 0.2) is 0 Å². The molecule has 1 fully saturated rings. The first-order chi connectivity index (χ1) is 18.3. The Morgan fingerprint density at radius 3 is 2.42 bits per heavy atom. The summed E-state index contributed by atoms with van der Waals surface area (Å²) in [6.45, 7) is 1.09. The van der Waals surface area contributed by atoms with Crippen LogP contribution in [0.2, 0.25) is 15.1 Å². The lowest BCUT2D eigenvalue weighted by molar-refractivity contribution is -0.157. The Labute approximate surface area is 241 Å². The van der Waals surface area contributed by atoms with E-state index in [2.05, 4.69) is 5.32 Å². The van der Waals surface area contributed by atoms with Gasteiger partial charge in [-0.25, -0.2) is 0 Å². The van der Waals surface area contributed by atoms with Crippen LogP contribution in [-0.4, -0.2) is 59.7 Å². The summed E-state index contributed by atoms with van der Waals surface area (Å²) in [4.78, 5) is 43.8. The second-order valence-corrected chi connectivity index (χ2v) is 11.4. The monoisotopic (exact) mass is 591 g/mol. The highest BCUT2D eigenvalue weighted by Gasteiger charge is 2.40. The number of halogens is 3. The van der Waals surface area contributed by atoms with Crippen LogP contribution in [0.1, 0.15) is 22.4 Å². The molecule has 1 saturated heterocycles. The summed E-state index contributed by atoms with van der Waals surface area (Å²) in [6.07, 6.45) is 1.65. The Morgan fingerprint density at radius 1 is 0.947 bits per heavy atom. The number of thiophene rings is 1. The second kappa shape index (κ2) is 13.5. The molecule has 200 valence electrons. The van der Waals surface area contributed by atoms with Crippen molar-refractivity contribution in [3.63, 3.8) is 0 Å². The number of hydrogen-bond donors (Lipinski definition) is 1. The summed E-state index contributed by atoms with van der Waals surface area (Å²) in [6, 6.07) is 15.8. The minimum atomic E-state index is -0.854. The molecule has 1 atom stereocenters. The second-order valence-electron chi connectivity index (χ2n) is 9.11. The van der Waals surface area contributed by atoms with Crippen LogP contribution >= 0.6 is 46.1 Å². The fourth-order valence-corrected chi connectivity index (χ4v) is 5.75. The van der Waals surface area contributed by atoms with E-state index in [0.29, 0.717) is 54.0 Å². The number of amides is 3. The lowest BCUT2D eigenvalue weighted by Crippen LogP contribution is -2.61. The predicted molar refractivity (Wildman–Crippen MR) is 153 cm³/mol. The number of hydrogen-bond acceptors (Lipinski definition) is 4. The van der Waals surface area contributed by atoms with Gasteiger partial charge < -0.3 is 15.1 Å². The van der Waals surface area contributed by atoms with E-state index < -0.39 is 6.04 Å². The molecule has 1 aliphatic heterocycles. The van der Waals surface area contributed by atoms with Gasteiger partial charge in [0.05, 0.1) is 13.0 Å². The Morgan fingerprint density at radius 2 is 1.71 bits per heavy atom. The van der Waals surface area contributed by atoms with Crippen LogP contribution < -0.4 is 5.32 Å². The third-order valence-electron chi connectivity index (χ3n) is 6.49. The van der Waals surface area contributed by atoms with Crippen LogP contribution in [-0.2, 0) is 33.6 Å². The number of carbonyl (C=O) groups excluding carboxylic acids is 3. The predicted octanol–water partition coefficient (Wildman–Crippen LogP) is 5.28. The van der Waals surface area contributed by atoms with Gasteiger partial charge >= 0.3 is 0 Å². The Balaban J connectivity index is 1.41. The number of piperazine rings is 1. The lowest BCUT2D eigenvalue weighted by Gasteiger charge is -2.40. The van der Waals surface area contributed by atoms with Crippen LogP contribution in [0, 0.1) is 0 Å². The third-order valence-corrected chi connectivity index (χ3v) is 8.27. The SMILES string of the molecule is O=C(CC1C(=O)N(CCc2ccc(Cl)cc2Cl)CC(=O)N1CCc1cccs1)NCCc1ccc(Cl)cc1. The average Bonchev–Trinajstić information content (AvgIpc) is 3.40. The highest BCUT2D eigenvalue weighted by atomic mass is 35.5. The summed E-state index contributed by atoms with van der Waals surface area (Å²) in [7, 11) is 0. The highest BCUT2D eigenvalue weighted by molar-refractivity contribution is 7.09. The molecule has 6 nitrogen and oxygen atoms in total. The maximum atomic E-state index is 13.6. The molecule has 2 heterocycles. The highest BCUT2D eigenvalue weighted by Crippen LogP contribution is 2.23. The van der Waals surface area contributed by atoms with Crippen molar-refractivity contribution in [1.82, 2.24) is 15.1 Å². The van der Waals surface area contributed by atoms with E-state index in [0.717, 1.165) is 16.0 Å². The van der Waals surface area contributed by atoms with Crippen LogP contribution in [0.4, 0.5) is 0 Å². The van der Waals surface area contributed by atoms with Crippen molar-refractivity contribution in [3.05, 3.63) is 91.0 Å². The van der Waals surface area contributed by atoms with Gasteiger partial charge in [-0.1, -0.05) is 59.1 Å². The topological polar surface area (TPSA) is 69.7 Å². The smallest absolute Gasteiger partial charge is 0.246 e. The van der Waals surface area contributed by atoms with Crippen molar-refractivity contribution in [2.24, 2.45) is 0 Å². The summed E-state index contributed by atoms with van der Waals surface area (Å²) in [5.74, 6) is -0.662. The normalized spacial score (nSPS) is 15.7. The molecule has 2 aromatic carbocycles. The maximum absolute atomic E-state index is 13.6. The fraction of sp³-hybridized carbons (Fsp3) is 0.321. The van der Waals surface area contributed by atoms with Crippen molar-refractivity contribution in [3.8, 4) is 0 Å². The van der Waals surface area contributed by atoms with E-state index in [9.17, 15) is 14.4 Å². The molecule has 0 saturated carbocycles. The van der Waals surface area contributed by atoms with E-state index >= 15 is 0 Å². The van der Waals surface area contributed by atoms with Crippen molar-refractivity contribution < 1.29 is 14.4 Å². The van der Waals surface area contributed by atoms with E-state index in [-0.39, 0.29) is 30.7 Å². The number of rotatable bonds is 11. The van der Waals surface area contributed by atoms with Crippen molar-refractivity contribution >= 4 is 63.9 Å². The molecule has 1 N–H and O–H groups in total. The fourth-order valence-electron chi connectivity index (χ4n) is 4.43. The van der Waals surface area contributed by atoms with Crippen molar-refractivity contribution in [1.29, 1.82) is 0 Å². The molecule has 1 unspecified atom stereocenters. The first-order valence-electron chi connectivity index (χ1n) is 12.4. The number of nitrogens with zero attached hydrogens (tertiary/aromatic N) is 2. The largest absolute Gasteiger partial charge is 0.356 e. The van der Waals surface area contributed by atoms with Gasteiger partial charge in [-0.3, -0.25) is 14.4 Å². The molecular weight excluding hydrogens is 565 g/mol. The summed E-state index contributed by atoms with van der Waals surface area (Å²) in [5.41, 5.74) is 1.89. The zero-order valence-corrected chi connectivity index (χ0v) is 23.8. The van der Waals surface area contributed by atoms with Crippen LogP contribution in [0.25, 0.3) is 0 Å². The average molecular weight is 593 g/mol. The molecule has 10 heteroatoms. The number of benzene rings is 2. The lowest BCUT2D eigenvalue weighted by atomic mass is 10.0. The van der Waals surface area contributed by atoms with Gasteiger partial charge in [0.1, 0.15) is 6.04 Å². The van der Waals surface area contributed by atoms with Gasteiger partial charge in [-0.15, -0.1) is 11.3 Å². The standard InChI is InChI=1S/C28H28Cl3N3O3S/c29-21-6-3-19(4-7-21)9-12-32-26(35)17-25-28(37)33(13-10-20-5-8-22(30)16-24(20)31)18-27(36)34(25)14-11-23-2-1-15-38-23/h1-8,15-16,25H,9-14,17-18H2,(H,32,35). The van der Waals surface area contributed by atoms with Crippen LogP contribution in [0.5, 0.6) is 0 Å². The van der Waals surface area contributed by atoms with Crippen LogP contribution in [0.15, 0.2) is 60.0 Å². The zero-order chi connectivity index (χ0) is 27.1. The van der Waals surface area contributed by atoms with E-state index in [1.165, 1.54) is 4.90 Å². The van der Waals surface area contributed by atoms with Gasteiger partial charge in [0, 0.05) is 39.6 Å². The van der Waals surface area contributed by atoms with E-state index in [1.807, 2.05) is 47.8 Å². The Bertz CT molecular complexity index is 1270. The quantitative estimate of drug-likeness (QED) is 0.329. The van der Waals surface area contributed by atoms with Crippen molar-refractivity contribution in [2.75, 3.05) is 26.2 Å². The minimum absolute atomic E-state index is 0.0246. The van der Waals surface area contributed by atoms with E-state index in [1.54, 1.807) is 28.4 Å². The van der Waals surface area contributed by atoms with Gasteiger partial charge in [0.2, 0.25) is 17.7 Å². The summed E-state index contributed by atoms with van der Waals surface area (Å²) < 4.78 is 0. The summed E-state index contributed by atoms with van der Waals surface area (Å²) >= 11 is 19.8. The molecule has 3 aromatic rings. The molecule has 0 spiro atoms. The maximum Gasteiger partial charge on any atom is 0.246 e. The van der Waals surface area contributed by atoms with Crippen LogP contribution in [0.3, 0.4) is 0 Å². The molecule has 38 heavy (non-hydrogen) atoms. The Hall–Kier alpha value is -2.58. The molecule has 1 aliphatic rings. The first kappa shape index (κ1) is 28.4. The zero-order valence-electron chi connectivity index (χ0n) is 20.7. The minimum Gasteiger partial charge on any atom is -0.356 e. The van der Waals surface area contributed by atoms with E-state index in [4.69, 9.17) is 34.8 Å². The van der Waals surface area contributed by atoms with Gasteiger partial charge in [0.25, 0.3) is 0 Å². The molecule has 0 aliphatic carbocycles. The molecule has 0 bridgehead atoms. The summed E-state index contributed by atoms with van der Waals surface area (Å²) in [5, 5.41) is 6.58. The molecular formula is C28H28Cl3N3O3S. The third kappa shape index (κ3) is 7.73. The molecule has 4 rings (SSSR count).